The maximum Gasteiger partial charge on any atom is 0.416 e. The minimum Gasteiger partial charge on any atom is -0.444 e. The predicted molar refractivity (Wildman–Crippen MR) is 127 cm³/mol. The highest BCUT2D eigenvalue weighted by atomic mass is 19.4. The van der Waals surface area contributed by atoms with Gasteiger partial charge in [-0.05, 0) is 81.7 Å². The Balaban J connectivity index is 1.25. The van der Waals surface area contributed by atoms with E-state index < -0.39 is 17.3 Å². The fraction of sp³-hybridized carbons (Fsp3) is 0.519. The molecule has 4 rings (SSSR count). The van der Waals surface area contributed by atoms with E-state index in [2.05, 4.69) is 10.6 Å². The monoisotopic (exact) mass is 474 g/mol. The molecule has 0 aliphatic heterocycles. The Labute approximate surface area is 199 Å². The lowest BCUT2D eigenvalue weighted by Crippen LogP contribution is -2.44. The fourth-order valence-corrected chi connectivity index (χ4v) is 4.73. The van der Waals surface area contributed by atoms with Gasteiger partial charge in [0.1, 0.15) is 5.60 Å². The van der Waals surface area contributed by atoms with E-state index in [1.165, 1.54) is 17.7 Å². The van der Waals surface area contributed by atoms with Crippen LogP contribution in [0.3, 0.4) is 0 Å². The van der Waals surface area contributed by atoms with E-state index in [0.717, 1.165) is 43.7 Å². The number of carbonyl (C=O) groups excluding carboxylic acids is 1. The Morgan fingerprint density at radius 2 is 1.56 bits per heavy atom. The van der Waals surface area contributed by atoms with E-state index in [9.17, 15) is 18.0 Å². The summed E-state index contributed by atoms with van der Waals surface area (Å²) in [5.74, 6) is 0.438. The molecular weight excluding hydrogens is 441 g/mol. The van der Waals surface area contributed by atoms with Crippen LogP contribution in [-0.2, 0) is 10.9 Å². The maximum absolute atomic E-state index is 13.0. The molecule has 2 fully saturated rings. The van der Waals surface area contributed by atoms with E-state index in [0.29, 0.717) is 23.6 Å². The van der Waals surface area contributed by atoms with Gasteiger partial charge in [-0.2, -0.15) is 13.2 Å². The zero-order valence-electron chi connectivity index (χ0n) is 19.9. The van der Waals surface area contributed by atoms with Gasteiger partial charge in [-0.15, -0.1) is 0 Å². The summed E-state index contributed by atoms with van der Waals surface area (Å²) in [7, 11) is 0. The molecule has 0 heterocycles. The summed E-state index contributed by atoms with van der Waals surface area (Å²) in [5, 5.41) is 6.73. The molecule has 2 aromatic carbocycles. The summed E-state index contributed by atoms with van der Waals surface area (Å²) >= 11 is 0. The molecule has 0 bridgehead atoms. The Bertz CT molecular complexity index is 990. The summed E-state index contributed by atoms with van der Waals surface area (Å²) in [4.78, 5) is 12.0. The third kappa shape index (κ3) is 6.53. The third-order valence-corrected chi connectivity index (χ3v) is 6.55. The van der Waals surface area contributed by atoms with Crippen molar-refractivity contribution < 1.29 is 22.7 Å². The first-order valence-electron chi connectivity index (χ1n) is 12.0. The molecule has 2 aromatic rings. The first kappa shape index (κ1) is 24.6. The van der Waals surface area contributed by atoms with Crippen LogP contribution in [-0.4, -0.2) is 29.8 Å². The van der Waals surface area contributed by atoms with E-state index >= 15 is 0 Å². The summed E-state index contributed by atoms with van der Waals surface area (Å²) in [6, 6.07) is 14.4. The average molecular weight is 475 g/mol. The molecule has 7 heteroatoms. The lowest BCUT2D eigenvalue weighted by Gasteiger charge is -2.30. The number of ether oxygens (including phenoxy) is 1. The van der Waals surface area contributed by atoms with E-state index in [1.807, 2.05) is 45.0 Å². The van der Waals surface area contributed by atoms with E-state index in [-0.39, 0.29) is 12.1 Å². The number of carbonyl (C=O) groups is 1. The molecule has 2 aliphatic carbocycles. The predicted octanol–water partition coefficient (Wildman–Crippen LogP) is 6.65. The summed E-state index contributed by atoms with van der Waals surface area (Å²) < 4.78 is 44.4. The van der Waals surface area contributed by atoms with Gasteiger partial charge >= 0.3 is 12.3 Å². The molecule has 4 nitrogen and oxygen atoms in total. The molecule has 1 amide bonds. The molecule has 2 atom stereocenters. The number of alkyl halides is 3. The number of nitrogens with one attached hydrogen (secondary N) is 2. The van der Waals surface area contributed by atoms with Crippen molar-refractivity contribution in [3.05, 3.63) is 59.7 Å². The molecule has 0 aromatic heterocycles. The van der Waals surface area contributed by atoms with Gasteiger partial charge in [0.05, 0.1) is 5.56 Å². The standard InChI is InChI=1S/C27H33F3N2O2/c1-26(2,3)34-25(33)32-22-13-11-21(12-14-22)31-24-16-23(24)18-9-7-17(8-10-18)19-5-4-6-20(15-19)27(28,29)30/h4-10,15,21-24,31H,11-14,16H2,1-3H3,(H,32,33)/t21-,22-,23-,24+/m1/s1. The zero-order chi connectivity index (χ0) is 24.5. The van der Waals surface area contributed by atoms with E-state index in [4.69, 9.17) is 4.74 Å². The van der Waals surface area contributed by atoms with Crippen molar-refractivity contribution in [2.75, 3.05) is 0 Å². The van der Waals surface area contributed by atoms with Gasteiger partial charge in [0.15, 0.2) is 0 Å². The zero-order valence-corrected chi connectivity index (χ0v) is 19.9. The molecule has 0 radical (unpaired) electrons. The number of benzene rings is 2. The van der Waals surface area contributed by atoms with Crippen molar-refractivity contribution in [3.63, 3.8) is 0 Å². The molecule has 0 saturated heterocycles. The average Bonchev–Trinajstić information content (AvgIpc) is 3.52. The highest BCUT2D eigenvalue weighted by molar-refractivity contribution is 5.68. The second-order valence-electron chi connectivity index (χ2n) is 10.5. The van der Waals surface area contributed by atoms with Gasteiger partial charge in [-0.25, -0.2) is 4.79 Å². The smallest absolute Gasteiger partial charge is 0.416 e. The van der Waals surface area contributed by atoms with Gasteiger partial charge in [0.25, 0.3) is 0 Å². The Hall–Kier alpha value is -2.54. The molecule has 2 aliphatic rings. The van der Waals surface area contributed by atoms with Crippen LogP contribution < -0.4 is 10.6 Å². The van der Waals surface area contributed by atoms with Gasteiger partial charge < -0.3 is 15.4 Å². The third-order valence-electron chi connectivity index (χ3n) is 6.55. The van der Waals surface area contributed by atoms with Crippen LogP contribution in [0.2, 0.25) is 0 Å². The van der Waals surface area contributed by atoms with Gasteiger partial charge in [-0.3, -0.25) is 0 Å². The van der Waals surface area contributed by atoms with Crippen LogP contribution in [0.25, 0.3) is 11.1 Å². The molecule has 2 N–H and O–H groups in total. The van der Waals surface area contributed by atoms with Crippen molar-refractivity contribution in [1.82, 2.24) is 10.6 Å². The van der Waals surface area contributed by atoms with Crippen LogP contribution in [0.1, 0.15) is 69.9 Å². The molecular formula is C27H33F3N2O2. The van der Waals surface area contributed by atoms with Crippen molar-refractivity contribution in [2.45, 2.75) is 88.7 Å². The minimum absolute atomic E-state index is 0.159. The molecule has 34 heavy (non-hydrogen) atoms. The first-order chi connectivity index (χ1) is 16.0. The molecule has 184 valence electrons. The quantitative estimate of drug-likeness (QED) is 0.510. The summed E-state index contributed by atoms with van der Waals surface area (Å²) in [6.45, 7) is 5.58. The van der Waals surface area contributed by atoms with Gasteiger partial charge in [0, 0.05) is 24.0 Å². The normalized spacial score (nSPS) is 25.0. The minimum atomic E-state index is -4.34. The van der Waals surface area contributed by atoms with Crippen LogP contribution in [0, 0.1) is 0 Å². The molecule has 2 saturated carbocycles. The summed E-state index contributed by atoms with van der Waals surface area (Å²) in [6.07, 6.45) is 0.267. The van der Waals surface area contributed by atoms with Crippen molar-refractivity contribution >= 4 is 6.09 Å². The largest absolute Gasteiger partial charge is 0.444 e. The van der Waals surface area contributed by atoms with Crippen molar-refractivity contribution in [3.8, 4) is 11.1 Å². The number of hydrogen-bond donors (Lipinski definition) is 2. The van der Waals surface area contributed by atoms with Gasteiger partial charge in [0.2, 0.25) is 0 Å². The first-order valence-corrected chi connectivity index (χ1v) is 12.0. The van der Waals surface area contributed by atoms with Crippen molar-refractivity contribution in [2.24, 2.45) is 0 Å². The number of rotatable bonds is 5. The number of halogens is 3. The highest BCUT2D eigenvalue weighted by Gasteiger charge is 2.40. The second kappa shape index (κ2) is 9.61. The number of alkyl carbamates (subject to hydrolysis) is 1. The Kier molecular flexibility index (Phi) is 6.94. The highest BCUT2D eigenvalue weighted by Crippen LogP contribution is 2.42. The number of amides is 1. The van der Waals surface area contributed by atoms with Crippen molar-refractivity contribution in [1.29, 1.82) is 0 Å². The Morgan fingerprint density at radius 3 is 2.18 bits per heavy atom. The maximum atomic E-state index is 13.0. The van der Waals surface area contributed by atoms with Gasteiger partial charge in [-0.1, -0.05) is 36.4 Å². The van der Waals surface area contributed by atoms with Crippen LogP contribution in [0.4, 0.5) is 18.0 Å². The Morgan fingerprint density at radius 1 is 0.912 bits per heavy atom. The molecule has 0 unspecified atom stereocenters. The molecule has 0 spiro atoms. The fourth-order valence-electron chi connectivity index (χ4n) is 4.73. The van der Waals surface area contributed by atoms with Crippen LogP contribution >= 0.6 is 0 Å². The van der Waals surface area contributed by atoms with E-state index in [1.54, 1.807) is 6.07 Å². The van der Waals surface area contributed by atoms with Crippen LogP contribution in [0.5, 0.6) is 0 Å². The summed E-state index contributed by atoms with van der Waals surface area (Å²) in [5.41, 5.74) is 1.46. The lowest BCUT2D eigenvalue weighted by atomic mass is 9.91. The second-order valence-corrected chi connectivity index (χ2v) is 10.5. The number of hydrogen-bond acceptors (Lipinski definition) is 3. The van der Waals surface area contributed by atoms with Crippen LogP contribution in [0.15, 0.2) is 48.5 Å². The SMILES string of the molecule is CC(C)(C)OC(=O)N[C@H]1CC[C@H](N[C@H]2C[C@@H]2c2ccc(-c3cccc(C(F)(F)F)c3)cc2)CC1. The lowest BCUT2D eigenvalue weighted by molar-refractivity contribution is -0.137. The topological polar surface area (TPSA) is 50.4 Å².